The predicted octanol–water partition coefficient (Wildman–Crippen LogP) is 25.2. The number of nitrogens with zero attached hydrogens (tertiary/aromatic N) is 1. The molecule has 15 nitrogen and oxygen atoms in total. The quantitative estimate of drug-likeness (QED) is 0.0185. The van der Waals surface area contributed by atoms with Gasteiger partial charge in [0, 0.05) is 56.4 Å². The summed E-state index contributed by atoms with van der Waals surface area (Å²) >= 11 is 37.5. The minimum Gasteiger partial charge on any atom is -0.490 e. The molecule has 0 bridgehead atoms. The first-order valence-corrected chi connectivity index (χ1v) is 46.4. The van der Waals surface area contributed by atoms with Crippen LogP contribution in [0.1, 0.15) is 152 Å². The molecule has 0 amide bonds. The minimum atomic E-state index is -0.349. The van der Waals surface area contributed by atoms with E-state index in [4.69, 9.17) is 129 Å². The van der Waals surface area contributed by atoms with Gasteiger partial charge in [-0.05, 0) is 291 Å². The number of halogens is 6. The van der Waals surface area contributed by atoms with Crippen molar-refractivity contribution in [2.24, 2.45) is 24.2 Å². The molecule has 129 heavy (non-hydrogen) atoms. The van der Waals surface area contributed by atoms with E-state index < -0.39 is 0 Å². The number of ether oxygens (including phenoxy) is 9. The van der Waals surface area contributed by atoms with Gasteiger partial charge in [-0.25, -0.2) is 9.36 Å². The molecule has 21 heteroatoms. The van der Waals surface area contributed by atoms with Crippen LogP contribution in [-0.2, 0) is 64.6 Å². The molecule has 0 aliphatic rings. The number of benzene rings is 11. The van der Waals surface area contributed by atoms with Gasteiger partial charge in [-0.15, -0.1) is 0 Å². The average molecular weight is 1860 g/mol. The van der Waals surface area contributed by atoms with E-state index in [1.807, 2.05) is 124 Å². The molecule has 0 saturated carbocycles. The van der Waals surface area contributed by atoms with Gasteiger partial charge in [-0.3, -0.25) is 4.79 Å². The second-order valence-electron chi connectivity index (χ2n) is 32.3. The van der Waals surface area contributed by atoms with E-state index >= 15 is 0 Å². The Bertz CT molecular complexity index is 5550. The van der Waals surface area contributed by atoms with Crippen LogP contribution in [0.5, 0.6) is 34.5 Å². The van der Waals surface area contributed by atoms with Crippen LogP contribution in [0.25, 0.3) is 33.4 Å². The number of hydrogen-bond acceptors (Lipinski definition) is 14. The Morgan fingerprint density at radius 2 is 0.783 bits per heavy atom. The Morgan fingerprint density at radius 1 is 0.388 bits per heavy atom. The number of nitrogens with two attached hydrogens (primary N) is 3. The van der Waals surface area contributed by atoms with Crippen LogP contribution in [0.4, 0.5) is 0 Å². The molecule has 3 unspecified atom stereocenters. The molecule has 680 valence electrons. The molecule has 0 aliphatic carbocycles. The van der Waals surface area contributed by atoms with Gasteiger partial charge < -0.3 is 59.8 Å². The summed E-state index contributed by atoms with van der Waals surface area (Å²) in [5.74, 6) is 3.56. The number of rotatable bonds is 43. The molecular formula is C108H121Cl6N4O11+. The zero-order chi connectivity index (χ0) is 92.3. The summed E-state index contributed by atoms with van der Waals surface area (Å²) in [6, 6.07) is 75.7. The first-order chi connectivity index (χ1) is 62.4. The maximum atomic E-state index is 13.0. The number of methoxy groups -OCH3 is 2. The highest BCUT2D eigenvalue weighted by Crippen LogP contribution is 2.40. The number of pyridine rings is 1. The van der Waals surface area contributed by atoms with Crippen molar-refractivity contribution in [1.82, 2.24) is 0 Å². The van der Waals surface area contributed by atoms with E-state index in [-0.39, 0.29) is 29.7 Å². The van der Waals surface area contributed by atoms with E-state index in [1.54, 1.807) is 7.11 Å². The second-order valence-corrected chi connectivity index (χ2v) is 34.8. The van der Waals surface area contributed by atoms with Crippen molar-refractivity contribution in [3.63, 3.8) is 0 Å². The fourth-order valence-corrected chi connectivity index (χ4v) is 18.1. The molecule has 3 atom stereocenters. The number of hydrogen-bond donors (Lipinski definition) is 3. The highest BCUT2D eigenvalue weighted by Gasteiger charge is 2.24. The van der Waals surface area contributed by atoms with E-state index in [2.05, 4.69) is 160 Å². The van der Waals surface area contributed by atoms with Crippen molar-refractivity contribution in [2.45, 2.75) is 137 Å². The number of esters is 2. The van der Waals surface area contributed by atoms with Crippen LogP contribution in [0, 0.1) is 34.6 Å². The topological polar surface area (TPSA) is 199 Å². The summed E-state index contributed by atoms with van der Waals surface area (Å²) in [6.07, 6.45) is 12.5. The maximum absolute atomic E-state index is 13.0. The average Bonchev–Trinajstić information content (AvgIpc) is 0.793. The molecule has 11 aromatic carbocycles. The van der Waals surface area contributed by atoms with Crippen LogP contribution >= 0.6 is 69.6 Å². The molecule has 1 aromatic heterocycles. The third kappa shape index (κ3) is 30.2. The molecule has 12 rings (SSSR count). The second kappa shape index (κ2) is 52.1. The molecule has 0 spiro atoms. The van der Waals surface area contributed by atoms with Crippen molar-refractivity contribution in [2.75, 3.05) is 86.7 Å². The van der Waals surface area contributed by atoms with Crippen LogP contribution in [0.3, 0.4) is 0 Å². The summed E-state index contributed by atoms with van der Waals surface area (Å²) < 4.78 is 52.7. The van der Waals surface area contributed by atoms with E-state index in [0.29, 0.717) is 119 Å². The third-order valence-electron chi connectivity index (χ3n) is 22.6. The summed E-state index contributed by atoms with van der Waals surface area (Å²) in [5.41, 5.74) is 42.5. The molecule has 6 N–H and O–H groups in total. The van der Waals surface area contributed by atoms with Crippen molar-refractivity contribution < 1.29 is 56.8 Å². The highest BCUT2D eigenvalue weighted by molar-refractivity contribution is 6.38. The van der Waals surface area contributed by atoms with Gasteiger partial charge in [0.1, 0.15) is 63.9 Å². The molecular weight excluding hydrogens is 1740 g/mol. The van der Waals surface area contributed by atoms with Gasteiger partial charge in [0.25, 0.3) is 0 Å². The Labute approximate surface area is 792 Å². The Morgan fingerprint density at radius 3 is 1.20 bits per heavy atom. The molecule has 12 aromatic rings. The highest BCUT2D eigenvalue weighted by atomic mass is 35.5. The summed E-state index contributed by atoms with van der Waals surface area (Å²) in [6.45, 7) is 18.6. The zero-order valence-corrected chi connectivity index (χ0v) is 80.2. The first kappa shape index (κ1) is 101. The number of unbranched alkanes of at least 4 members (excludes halogenated alkanes) is 2. The number of aryl methyl sites for hydroxylation is 8. The van der Waals surface area contributed by atoms with Crippen molar-refractivity contribution in [3.05, 3.63) is 344 Å². The van der Waals surface area contributed by atoms with Gasteiger partial charge in [0.2, 0.25) is 0 Å². The van der Waals surface area contributed by atoms with E-state index in [9.17, 15) is 9.59 Å². The van der Waals surface area contributed by atoms with Gasteiger partial charge in [-0.1, -0.05) is 223 Å². The van der Waals surface area contributed by atoms with Crippen LogP contribution < -0.4 is 50.2 Å². The number of carbonyl (C=O) groups excluding carboxylic acids is 2. The molecule has 0 fully saturated rings. The third-order valence-corrected chi connectivity index (χ3v) is 24.3. The zero-order valence-electron chi connectivity index (χ0n) is 75.7. The summed E-state index contributed by atoms with van der Waals surface area (Å²) in [5, 5.41) is 2.95. The maximum Gasteiger partial charge on any atom is 0.338 e. The molecule has 1 heterocycles. The van der Waals surface area contributed by atoms with Crippen molar-refractivity contribution in [1.29, 1.82) is 0 Å². The van der Waals surface area contributed by atoms with Crippen LogP contribution in [0.15, 0.2) is 231 Å². The summed E-state index contributed by atoms with van der Waals surface area (Å²) in [7, 11) is 5.29. The van der Waals surface area contributed by atoms with Gasteiger partial charge in [0.15, 0.2) is 29.1 Å². The minimum absolute atomic E-state index is 0.0245. The SMILES string of the molecule is CC(=O)OCCCc1ccccc1-c1ccc(C(CN)Cc2ccc(OCCOc3c(Cl)cc(C)cc3Cl)cc2)c(C)c1.CCCCCc1ccccc1-c1ccc(C(CN)Cc2ccc(OCCOc3c(Cl)cc(C)cc3Cl)cc2)cc1C(=O)OC.COCCCc1c(-c2ccc(C(CN)Cc3ccc(OCCOc4c(Cl)cc(C)cc4Cl)cc3)c(C)c2)ccc[n+]1C. The smallest absolute Gasteiger partial charge is 0.338 e. The van der Waals surface area contributed by atoms with E-state index in [0.717, 1.165) is 127 Å². The van der Waals surface area contributed by atoms with Crippen molar-refractivity contribution >= 4 is 81.5 Å². The fraction of sp³-hybridized carbons (Fsp3) is 0.324. The van der Waals surface area contributed by atoms with Crippen LogP contribution in [-0.4, -0.2) is 98.6 Å². The Hall–Kier alpha value is -10.1. The lowest BCUT2D eigenvalue weighted by Crippen LogP contribution is -2.33. The monoisotopic (exact) mass is 1860 g/mol. The Balaban J connectivity index is 0.000000201. The first-order valence-electron chi connectivity index (χ1n) is 44.1. The van der Waals surface area contributed by atoms with Gasteiger partial charge in [0.05, 0.1) is 49.4 Å². The molecule has 0 radical (unpaired) electrons. The van der Waals surface area contributed by atoms with Gasteiger partial charge >= 0.3 is 11.9 Å². The van der Waals surface area contributed by atoms with Gasteiger partial charge in [-0.2, -0.15) is 0 Å². The van der Waals surface area contributed by atoms with E-state index in [1.165, 1.54) is 92.9 Å². The Kier molecular flexibility index (Phi) is 40.8. The molecule has 0 saturated heterocycles. The predicted molar refractivity (Wildman–Crippen MR) is 528 cm³/mol. The van der Waals surface area contributed by atoms with Crippen LogP contribution in [0.2, 0.25) is 30.1 Å². The molecule has 0 aliphatic heterocycles. The lowest BCUT2D eigenvalue weighted by molar-refractivity contribution is -0.678. The van der Waals surface area contributed by atoms with Crippen molar-refractivity contribution in [3.8, 4) is 67.9 Å². The normalized spacial score (nSPS) is 11.7. The standard InChI is InChI=1S/C37H41Cl2NO4.C36H39Cl2NO4.C35H41Cl2N2O3/c1-4-5-6-9-27-10-7-8-11-31(27)32-17-14-28(23-33(32)37(41)42-3)29(24-40)22-26-12-15-30(16-13-26)43-18-19-44-36-34(38)20-25(2)21-35(36)39;1-24-19-34(37)36(35(38)20-24)43-18-17-42-31-13-10-27(11-14-31)22-30(23-39)32-15-12-29(21-25(32)2)33-9-5-4-7-28(33)8-6-16-41-26(3)40;1-24-19-32(36)35(33(37)20-24)42-18-17-41-29-12-9-26(10-13-29)22-28(23-38)30-14-11-27(21-25(30)2)31-7-5-15-39(3)34(31)8-6-16-40-4/h7-8,10-17,20-21,23,29H,4-6,9,18-19,22,24,40H2,1-3H3;4-5,7,9-15,19-21,30H,6,8,16-18,22-23,39H2,1-3H3;5,7,9-15,19-21,28H,6,8,16-18,22-23,38H2,1-4H3/q;;+1. The summed E-state index contributed by atoms with van der Waals surface area (Å²) in [4.78, 5) is 24.1. The lowest BCUT2D eigenvalue weighted by atomic mass is 9.87. The number of carbonyl (C=O) groups is 2. The largest absolute Gasteiger partial charge is 0.490 e. The number of aromatic nitrogens is 1. The fourth-order valence-electron chi connectivity index (χ4n) is 16.0. The lowest BCUT2D eigenvalue weighted by Gasteiger charge is -2.20.